The molecular weight excluding hydrogens is 188 g/mol. The second-order valence-corrected chi connectivity index (χ2v) is 2.38. The van der Waals surface area contributed by atoms with Crippen LogP contribution >= 0.6 is 12.4 Å². The molecule has 1 atom stereocenters. The zero-order chi connectivity index (χ0) is 8.97. The van der Waals surface area contributed by atoms with Gasteiger partial charge >= 0.3 is 0 Å². The zero-order valence-corrected chi connectivity index (χ0v) is 8.04. The maximum atomic E-state index is 8.51. The first-order chi connectivity index (χ1) is 5.77. The summed E-state index contributed by atoms with van der Waals surface area (Å²) in [5.41, 5.74) is 6.29. The average molecular weight is 199 g/mol. The van der Waals surface area contributed by atoms with E-state index in [2.05, 4.69) is 0 Å². The highest BCUT2D eigenvalue weighted by atomic mass is 35.5. The first kappa shape index (κ1) is 11.8. The van der Waals surface area contributed by atoms with Crippen LogP contribution in [-0.2, 0) is 0 Å². The van der Waals surface area contributed by atoms with Gasteiger partial charge in [-0.3, -0.25) is 0 Å². The highest BCUT2D eigenvalue weighted by Crippen LogP contribution is 2.14. The predicted octanol–water partition coefficient (Wildman–Crippen LogP) is 1.64. The van der Waals surface area contributed by atoms with Crippen molar-refractivity contribution in [2.75, 3.05) is 7.11 Å². The van der Waals surface area contributed by atoms with Crippen LogP contribution in [0, 0.1) is 11.3 Å². The molecule has 2 N–H and O–H groups in total. The van der Waals surface area contributed by atoms with E-state index in [9.17, 15) is 0 Å². The summed E-state index contributed by atoms with van der Waals surface area (Å²) >= 11 is 0. The summed E-state index contributed by atoms with van der Waals surface area (Å²) in [5.74, 6) is 0.767. The molecule has 0 spiro atoms. The van der Waals surface area contributed by atoms with Crippen molar-refractivity contribution < 1.29 is 4.74 Å². The summed E-state index contributed by atoms with van der Waals surface area (Å²) in [7, 11) is 1.60. The third kappa shape index (κ3) is 2.94. The molecule has 0 heterocycles. The Morgan fingerprint density at radius 1 is 1.38 bits per heavy atom. The van der Waals surface area contributed by atoms with E-state index in [1.54, 1.807) is 31.4 Å². The fourth-order valence-electron chi connectivity index (χ4n) is 0.886. The minimum absolute atomic E-state index is 0. The van der Waals surface area contributed by atoms with E-state index in [1.165, 1.54) is 0 Å². The molecule has 0 saturated heterocycles. The molecule has 0 aliphatic heterocycles. The van der Waals surface area contributed by atoms with E-state index in [0.717, 1.165) is 11.3 Å². The molecule has 70 valence electrons. The zero-order valence-electron chi connectivity index (χ0n) is 7.23. The van der Waals surface area contributed by atoms with E-state index in [0.29, 0.717) is 0 Å². The smallest absolute Gasteiger partial charge is 0.118 e. The summed E-state index contributed by atoms with van der Waals surface area (Å²) < 4.78 is 4.96. The predicted molar refractivity (Wildman–Crippen MR) is 52.8 cm³/mol. The number of halogens is 1. The molecule has 0 radical (unpaired) electrons. The fraction of sp³-hybridized carbons (Fsp3) is 0.222. The molecule has 4 heteroatoms. The van der Waals surface area contributed by atoms with Gasteiger partial charge in [-0.2, -0.15) is 5.26 Å². The lowest BCUT2D eigenvalue weighted by Crippen LogP contribution is -2.06. The molecule has 13 heavy (non-hydrogen) atoms. The third-order valence-corrected chi connectivity index (χ3v) is 1.61. The van der Waals surface area contributed by atoms with Crippen molar-refractivity contribution in [3.8, 4) is 11.8 Å². The first-order valence-electron chi connectivity index (χ1n) is 3.57. The maximum Gasteiger partial charge on any atom is 0.118 e. The Morgan fingerprint density at radius 2 is 1.92 bits per heavy atom. The van der Waals surface area contributed by atoms with Crippen LogP contribution in [0.4, 0.5) is 0 Å². The Bertz CT molecular complexity index is 291. The molecule has 0 bridgehead atoms. The Kier molecular flexibility index (Phi) is 4.90. The topological polar surface area (TPSA) is 59.0 Å². The highest BCUT2D eigenvalue weighted by Gasteiger charge is 2.02. The molecule has 1 rings (SSSR count). The largest absolute Gasteiger partial charge is 0.497 e. The van der Waals surface area contributed by atoms with Crippen LogP contribution in [0.2, 0.25) is 0 Å². The van der Waals surface area contributed by atoms with Gasteiger partial charge in [0.05, 0.1) is 13.2 Å². The minimum atomic E-state index is -0.545. The van der Waals surface area contributed by atoms with Gasteiger partial charge in [-0.05, 0) is 17.7 Å². The molecule has 0 aliphatic carbocycles. The standard InChI is InChI=1S/C9H10N2O.ClH/c1-12-8-4-2-7(3-5-8)9(11)6-10;/h2-5,9H,11H2,1H3;1H/t9-;/m0./s1. The number of nitrogens with zero attached hydrogens (tertiary/aromatic N) is 1. The number of methoxy groups -OCH3 is 1. The van der Waals surface area contributed by atoms with Gasteiger partial charge in [-0.1, -0.05) is 12.1 Å². The fourth-order valence-corrected chi connectivity index (χ4v) is 0.886. The van der Waals surface area contributed by atoms with Gasteiger partial charge in [-0.15, -0.1) is 12.4 Å². The van der Waals surface area contributed by atoms with Gasteiger partial charge in [0.15, 0.2) is 0 Å². The molecule has 3 nitrogen and oxygen atoms in total. The number of ether oxygens (including phenoxy) is 1. The Balaban J connectivity index is 0.00000144. The minimum Gasteiger partial charge on any atom is -0.497 e. The quantitative estimate of drug-likeness (QED) is 0.786. The average Bonchev–Trinajstić information content (AvgIpc) is 2.17. The highest BCUT2D eigenvalue weighted by molar-refractivity contribution is 5.85. The molecule has 0 saturated carbocycles. The molecule has 1 aromatic carbocycles. The van der Waals surface area contributed by atoms with E-state index in [4.69, 9.17) is 15.7 Å². The van der Waals surface area contributed by atoms with Gasteiger partial charge in [0.25, 0.3) is 0 Å². The van der Waals surface area contributed by atoms with Gasteiger partial charge in [0.1, 0.15) is 11.8 Å². The normalized spacial score (nSPS) is 10.8. The molecule has 0 fully saturated rings. The van der Waals surface area contributed by atoms with E-state index < -0.39 is 6.04 Å². The Hall–Kier alpha value is -1.24. The van der Waals surface area contributed by atoms with Crippen molar-refractivity contribution in [3.05, 3.63) is 29.8 Å². The summed E-state index contributed by atoms with van der Waals surface area (Å²) in [6, 6.07) is 8.55. The lowest BCUT2D eigenvalue weighted by atomic mass is 10.1. The molecule has 0 amide bonds. The third-order valence-electron chi connectivity index (χ3n) is 1.61. The molecular formula is C9H11ClN2O. The van der Waals surface area contributed by atoms with Crippen molar-refractivity contribution in [3.63, 3.8) is 0 Å². The lowest BCUT2D eigenvalue weighted by molar-refractivity contribution is 0.414. The van der Waals surface area contributed by atoms with Crippen molar-refractivity contribution in [1.29, 1.82) is 5.26 Å². The van der Waals surface area contributed by atoms with E-state index in [1.807, 2.05) is 6.07 Å². The van der Waals surface area contributed by atoms with Crippen LogP contribution < -0.4 is 10.5 Å². The van der Waals surface area contributed by atoms with E-state index >= 15 is 0 Å². The van der Waals surface area contributed by atoms with Crippen molar-refractivity contribution >= 4 is 12.4 Å². The summed E-state index contributed by atoms with van der Waals surface area (Å²) in [4.78, 5) is 0. The number of hydrogen-bond donors (Lipinski definition) is 1. The van der Waals surface area contributed by atoms with Crippen LogP contribution in [0.1, 0.15) is 11.6 Å². The van der Waals surface area contributed by atoms with Crippen LogP contribution in [0.25, 0.3) is 0 Å². The van der Waals surface area contributed by atoms with Crippen molar-refractivity contribution in [1.82, 2.24) is 0 Å². The van der Waals surface area contributed by atoms with Gasteiger partial charge in [-0.25, -0.2) is 0 Å². The van der Waals surface area contributed by atoms with Crippen LogP contribution in [0.3, 0.4) is 0 Å². The molecule has 1 aromatic rings. The Morgan fingerprint density at radius 3 is 2.31 bits per heavy atom. The molecule has 0 aliphatic rings. The van der Waals surface area contributed by atoms with Gasteiger partial charge in [0, 0.05) is 0 Å². The molecule has 0 aromatic heterocycles. The van der Waals surface area contributed by atoms with E-state index in [-0.39, 0.29) is 12.4 Å². The number of nitrogens with two attached hydrogens (primary N) is 1. The maximum absolute atomic E-state index is 8.51. The van der Waals surface area contributed by atoms with Crippen molar-refractivity contribution in [2.24, 2.45) is 5.73 Å². The van der Waals surface area contributed by atoms with Crippen LogP contribution in [-0.4, -0.2) is 7.11 Å². The number of rotatable bonds is 2. The summed E-state index contributed by atoms with van der Waals surface area (Å²) in [6.07, 6.45) is 0. The number of nitriles is 1. The first-order valence-corrected chi connectivity index (χ1v) is 3.57. The monoisotopic (exact) mass is 198 g/mol. The summed E-state index contributed by atoms with van der Waals surface area (Å²) in [6.45, 7) is 0. The van der Waals surface area contributed by atoms with Crippen molar-refractivity contribution in [2.45, 2.75) is 6.04 Å². The summed E-state index contributed by atoms with van der Waals surface area (Å²) in [5, 5.41) is 8.51. The number of benzene rings is 1. The van der Waals surface area contributed by atoms with Gasteiger partial charge < -0.3 is 10.5 Å². The second-order valence-electron chi connectivity index (χ2n) is 2.38. The second kappa shape index (κ2) is 5.41. The van der Waals surface area contributed by atoms with Gasteiger partial charge in [0.2, 0.25) is 0 Å². The van der Waals surface area contributed by atoms with Crippen LogP contribution in [0.15, 0.2) is 24.3 Å². The SMILES string of the molecule is COc1ccc([C@@H](N)C#N)cc1.Cl. The lowest BCUT2D eigenvalue weighted by Gasteiger charge is -2.03. The molecule has 0 unspecified atom stereocenters. The Labute approximate surface area is 83.5 Å². The van der Waals surface area contributed by atoms with Crippen LogP contribution in [0.5, 0.6) is 5.75 Å². The number of hydrogen-bond acceptors (Lipinski definition) is 3.